The predicted octanol–water partition coefficient (Wildman–Crippen LogP) is 4.34. The summed E-state index contributed by atoms with van der Waals surface area (Å²) in [5, 5.41) is 3.45. The lowest BCUT2D eigenvalue weighted by Crippen LogP contribution is -2.21. The normalized spacial score (nSPS) is 12.4. The molecule has 2 rings (SSSR count). The second kappa shape index (κ2) is 6.67. The molecule has 0 aromatic heterocycles. The monoisotopic (exact) mass is 271 g/mol. The molecule has 0 saturated heterocycles. The smallest absolute Gasteiger partial charge is 0.126 e. The van der Waals surface area contributed by atoms with E-state index in [0.29, 0.717) is 5.56 Å². The van der Waals surface area contributed by atoms with Crippen LogP contribution in [0, 0.1) is 19.7 Å². The third-order valence-electron chi connectivity index (χ3n) is 3.80. The maximum absolute atomic E-state index is 13.6. The number of rotatable bonds is 5. The number of halogens is 1. The van der Waals surface area contributed by atoms with Gasteiger partial charge in [0.2, 0.25) is 0 Å². The van der Waals surface area contributed by atoms with E-state index in [1.54, 1.807) is 13.0 Å². The molecule has 0 bridgehead atoms. The summed E-state index contributed by atoms with van der Waals surface area (Å²) < 4.78 is 13.6. The molecule has 1 atom stereocenters. The number of hydrogen-bond acceptors (Lipinski definition) is 1. The van der Waals surface area contributed by atoms with Crippen LogP contribution >= 0.6 is 0 Å². The van der Waals surface area contributed by atoms with Crippen molar-refractivity contribution >= 4 is 0 Å². The van der Waals surface area contributed by atoms with Gasteiger partial charge in [-0.1, -0.05) is 36.4 Å². The quantitative estimate of drug-likeness (QED) is 0.853. The maximum Gasteiger partial charge on any atom is 0.126 e. The number of nitrogens with one attached hydrogen (secondary N) is 1. The molecule has 2 aromatic carbocycles. The molecular weight excluding hydrogens is 249 g/mol. The first kappa shape index (κ1) is 14.7. The second-order valence-corrected chi connectivity index (χ2v) is 5.36. The highest BCUT2D eigenvalue weighted by molar-refractivity contribution is 5.27. The van der Waals surface area contributed by atoms with E-state index < -0.39 is 0 Å². The fourth-order valence-electron chi connectivity index (χ4n) is 2.31. The Hall–Kier alpha value is -1.67. The van der Waals surface area contributed by atoms with Crippen molar-refractivity contribution in [2.75, 3.05) is 6.54 Å². The molecule has 1 N–H and O–H groups in total. The average molecular weight is 271 g/mol. The van der Waals surface area contributed by atoms with Gasteiger partial charge in [-0.3, -0.25) is 0 Å². The van der Waals surface area contributed by atoms with Crippen LogP contribution in [0.2, 0.25) is 0 Å². The summed E-state index contributed by atoms with van der Waals surface area (Å²) in [6.45, 7) is 6.88. The van der Waals surface area contributed by atoms with Crippen LogP contribution < -0.4 is 5.32 Å². The highest BCUT2D eigenvalue weighted by Crippen LogP contribution is 2.16. The molecule has 106 valence electrons. The predicted molar refractivity (Wildman–Crippen MR) is 82.4 cm³/mol. The van der Waals surface area contributed by atoms with Crippen molar-refractivity contribution in [3.8, 4) is 0 Å². The summed E-state index contributed by atoms with van der Waals surface area (Å²) in [4.78, 5) is 0. The lowest BCUT2D eigenvalue weighted by molar-refractivity contribution is 0.565. The fraction of sp³-hybridized carbons (Fsp3) is 0.333. The van der Waals surface area contributed by atoms with Crippen LogP contribution in [0.4, 0.5) is 4.39 Å². The molecule has 1 unspecified atom stereocenters. The van der Waals surface area contributed by atoms with E-state index >= 15 is 0 Å². The van der Waals surface area contributed by atoms with Crippen LogP contribution in [0.1, 0.15) is 35.2 Å². The summed E-state index contributed by atoms with van der Waals surface area (Å²) in [6.07, 6.45) is 0.991. The van der Waals surface area contributed by atoms with Crippen LogP contribution in [0.15, 0.2) is 42.5 Å². The largest absolute Gasteiger partial charge is 0.310 e. The zero-order valence-electron chi connectivity index (χ0n) is 12.4. The molecule has 0 aliphatic rings. The molecule has 0 spiro atoms. The minimum atomic E-state index is -0.130. The summed E-state index contributed by atoms with van der Waals surface area (Å²) in [5.41, 5.74) is 4.38. The van der Waals surface area contributed by atoms with Gasteiger partial charge in [-0.05, 0) is 62.1 Å². The zero-order valence-corrected chi connectivity index (χ0v) is 12.4. The van der Waals surface area contributed by atoms with Crippen molar-refractivity contribution in [2.24, 2.45) is 0 Å². The van der Waals surface area contributed by atoms with Gasteiger partial charge in [0.1, 0.15) is 5.82 Å². The Bertz CT molecular complexity index is 577. The van der Waals surface area contributed by atoms with Crippen LogP contribution in [-0.2, 0) is 6.42 Å². The Morgan fingerprint density at radius 2 is 1.80 bits per heavy atom. The molecule has 0 aliphatic heterocycles. The van der Waals surface area contributed by atoms with Gasteiger partial charge in [0.25, 0.3) is 0 Å². The maximum atomic E-state index is 13.6. The van der Waals surface area contributed by atoms with Crippen LogP contribution in [-0.4, -0.2) is 6.54 Å². The molecule has 0 fully saturated rings. The summed E-state index contributed by atoms with van der Waals surface area (Å²) in [6, 6.07) is 14.0. The average Bonchev–Trinajstić information content (AvgIpc) is 2.44. The van der Waals surface area contributed by atoms with Gasteiger partial charge in [-0.15, -0.1) is 0 Å². The summed E-state index contributed by atoms with van der Waals surface area (Å²) >= 11 is 0. The van der Waals surface area contributed by atoms with Gasteiger partial charge in [-0.25, -0.2) is 4.39 Å². The molecule has 2 aromatic rings. The van der Waals surface area contributed by atoms with Crippen LogP contribution in [0.25, 0.3) is 0 Å². The Kier molecular flexibility index (Phi) is 4.91. The van der Waals surface area contributed by atoms with Gasteiger partial charge in [0.15, 0.2) is 0 Å². The second-order valence-electron chi connectivity index (χ2n) is 5.36. The van der Waals surface area contributed by atoms with E-state index in [1.807, 2.05) is 12.1 Å². The van der Waals surface area contributed by atoms with Gasteiger partial charge < -0.3 is 5.32 Å². The Morgan fingerprint density at radius 3 is 2.50 bits per heavy atom. The first-order chi connectivity index (χ1) is 9.58. The summed E-state index contributed by atoms with van der Waals surface area (Å²) in [5.74, 6) is -0.130. The lowest BCUT2D eigenvalue weighted by atomic mass is 10.0. The van der Waals surface area contributed by atoms with Crippen molar-refractivity contribution in [2.45, 2.75) is 33.2 Å². The lowest BCUT2D eigenvalue weighted by Gasteiger charge is -2.15. The first-order valence-corrected chi connectivity index (χ1v) is 7.12. The number of hydrogen-bond donors (Lipinski definition) is 1. The Labute approximate surface area is 120 Å². The van der Waals surface area contributed by atoms with Gasteiger partial charge in [0.05, 0.1) is 0 Å². The van der Waals surface area contributed by atoms with E-state index in [1.165, 1.54) is 11.1 Å². The molecule has 0 radical (unpaired) electrons. The van der Waals surface area contributed by atoms with E-state index in [4.69, 9.17) is 0 Å². The third-order valence-corrected chi connectivity index (χ3v) is 3.80. The van der Waals surface area contributed by atoms with Gasteiger partial charge in [-0.2, -0.15) is 0 Å². The highest BCUT2D eigenvalue weighted by atomic mass is 19.1. The molecular formula is C18H22FN. The van der Waals surface area contributed by atoms with E-state index in [9.17, 15) is 4.39 Å². The minimum absolute atomic E-state index is 0.130. The SMILES string of the molecule is Cc1ccc(C(C)NCCc2ccccc2C)cc1F. The standard InChI is InChI=1S/C18H22FN/c1-13-6-4-5-7-16(13)10-11-20-15(3)17-9-8-14(2)18(19)12-17/h4-9,12,15,20H,10-11H2,1-3H3. The van der Waals surface area contributed by atoms with Crippen molar-refractivity contribution in [3.05, 3.63) is 70.5 Å². The van der Waals surface area contributed by atoms with Crippen molar-refractivity contribution in [3.63, 3.8) is 0 Å². The number of benzene rings is 2. The molecule has 2 heteroatoms. The first-order valence-electron chi connectivity index (χ1n) is 7.12. The van der Waals surface area contributed by atoms with E-state index in [-0.39, 0.29) is 11.9 Å². The van der Waals surface area contributed by atoms with Crippen molar-refractivity contribution in [1.82, 2.24) is 5.32 Å². The Balaban J connectivity index is 1.90. The topological polar surface area (TPSA) is 12.0 Å². The third kappa shape index (κ3) is 3.67. The van der Waals surface area contributed by atoms with Crippen molar-refractivity contribution in [1.29, 1.82) is 0 Å². The van der Waals surface area contributed by atoms with Crippen LogP contribution in [0.3, 0.4) is 0 Å². The molecule has 20 heavy (non-hydrogen) atoms. The molecule has 0 saturated carbocycles. The minimum Gasteiger partial charge on any atom is -0.310 e. The van der Waals surface area contributed by atoms with Crippen molar-refractivity contribution < 1.29 is 4.39 Å². The Morgan fingerprint density at radius 1 is 1.05 bits per heavy atom. The molecule has 0 heterocycles. The van der Waals surface area contributed by atoms with Gasteiger partial charge >= 0.3 is 0 Å². The highest BCUT2D eigenvalue weighted by Gasteiger charge is 2.07. The molecule has 0 aliphatic carbocycles. The summed E-state index contributed by atoms with van der Waals surface area (Å²) in [7, 11) is 0. The molecule has 1 nitrogen and oxygen atoms in total. The van der Waals surface area contributed by atoms with Gasteiger partial charge in [0, 0.05) is 6.04 Å². The zero-order chi connectivity index (χ0) is 14.5. The van der Waals surface area contributed by atoms with Crippen LogP contribution in [0.5, 0.6) is 0 Å². The van der Waals surface area contributed by atoms with E-state index in [0.717, 1.165) is 18.5 Å². The molecule has 0 amide bonds. The number of aryl methyl sites for hydroxylation is 2. The fourth-order valence-corrected chi connectivity index (χ4v) is 2.31. The van der Waals surface area contributed by atoms with E-state index in [2.05, 4.69) is 43.4 Å².